The summed E-state index contributed by atoms with van der Waals surface area (Å²) in [6, 6.07) is 4.43. The van der Waals surface area contributed by atoms with E-state index < -0.39 is 6.04 Å². The van der Waals surface area contributed by atoms with Gasteiger partial charge in [0.1, 0.15) is 11.8 Å². The summed E-state index contributed by atoms with van der Waals surface area (Å²) in [5, 5.41) is 2.73. The highest BCUT2D eigenvalue weighted by Crippen LogP contribution is 2.33. The van der Waals surface area contributed by atoms with Crippen molar-refractivity contribution in [3.63, 3.8) is 0 Å². The molecule has 1 heterocycles. The van der Waals surface area contributed by atoms with Crippen molar-refractivity contribution in [2.24, 2.45) is 5.73 Å². The van der Waals surface area contributed by atoms with Gasteiger partial charge in [0.15, 0.2) is 0 Å². The van der Waals surface area contributed by atoms with Crippen LogP contribution in [0.2, 0.25) is 0 Å². The van der Waals surface area contributed by atoms with Gasteiger partial charge in [-0.15, -0.1) is 0 Å². The topological polar surface area (TPSA) is 93.9 Å². The number of methoxy groups -OCH3 is 2. The molecule has 1 aromatic rings. The monoisotopic (exact) mass is 321 g/mol. The number of hydrogen-bond donors (Lipinski definition) is 2. The molecule has 7 nitrogen and oxygen atoms in total. The Morgan fingerprint density at radius 3 is 2.83 bits per heavy atom. The number of nitrogens with one attached hydrogen (secondary N) is 1. The molecule has 3 N–H and O–H groups in total. The Hall–Kier alpha value is -2.12. The van der Waals surface area contributed by atoms with E-state index in [1.807, 2.05) is 0 Å². The molecule has 1 fully saturated rings. The normalized spacial score (nSPS) is 16.1. The van der Waals surface area contributed by atoms with Crippen molar-refractivity contribution >= 4 is 23.2 Å². The summed E-state index contributed by atoms with van der Waals surface area (Å²) < 4.78 is 10.2. The fourth-order valence-corrected chi connectivity index (χ4v) is 2.53. The van der Waals surface area contributed by atoms with E-state index in [4.69, 9.17) is 15.2 Å². The van der Waals surface area contributed by atoms with Crippen molar-refractivity contribution in [1.82, 2.24) is 0 Å². The SMILES string of the molecule is COCC(N)C(=O)Nc1ccc(OC)c(N2CCCCC2=O)c1. The largest absolute Gasteiger partial charge is 0.495 e. The van der Waals surface area contributed by atoms with Gasteiger partial charge in [-0.05, 0) is 31.0 Å². The Kier molecular flexibility index (Phi) is 5.95. The van der Waals surface area contributed by atoms with Gasteiger partial charge in [0.2, 0.25) is 11.8 Å². The zero-order valence-electron chi connectivity index (χ0n) is 13.5. The van der Waals surface area contributed by atoms with Crippen LogP contribution in [0.15, 0.2) is 18.2 Å². The van der Waals surface area contributed by atoms with Gasteiger partial charge >= 0.3 is 0 Å². The molecular weight excluding hydrogens is 298 g/mol. The maximum Gasteiger partial charge on any atom is 0.243 e. The number of amides is 2. The second-order valence-corrected chi connectivity index (χ2v) is 5.44. The van der Waals surface area contributed by atoms with Gasteiger partial charge in [-0.3, -0.25) is 9.59 Å². The number of carbonyl (C=O) groups excluding carboxylic acids is 2. The number of ether oxygens (including phenoxy) is 2. The molecule has 0 spiro atoms. The molecule has 0 bridgehead atoms. The lowest BCUT2D eigenvalue weighted by atomic mass is 10.1. The highest BCUT2D eigenvalue weighted by molar-refractivity contribution is 5.98. The van der Waals surface area contributed by atoms with Crippen molar-refractivity contribution in [2.45, 2.75) is 25.3 Å². The average molecular weight is 321 g/mol. The van der Waals surface area contributed by atoms with Gasteiger partial charge < -0.3 is 25.4 Å². The third-order valence-electron chi connectivity index (χ3n) is 3.74. The molecule has 0 aromatic heterocycles. The van der Waals surface area contributed by atoms with Crippen LogP contribution in [0.3, 0.4) is 0 Å². The van der Waals surface area contributed by atoms with Gasteiger partial charge in [-0.2, -0.15) is 0 Å². The molecule has 2 rings (SSSR count). The van der Waals surface area contributed by atoms with Crippen LogP contribution in [0, 0.1) is 0 Å². The van der Waals surface area contributed by atoms with E-state index in [9.17, 15) is 9.59 Å². The van der Waals surface area contributed by atoms with Crippen LogP contribution >= 0.6 is 0 Å². The van der Waals surface area contributed by atoms with Crippen molar-refractivity contribution in [3.05, 3.63) is 18.2 Å². The fourth-order valence-electron chi connectivity index (χ4n) is 2.53. The summed E-state index contributed by atoms with van der Waals surface area (Å²) in [5.74, 6) is 0.321. The first-order valence-electron chi connectivity index (χ1n) is 7.60. The van der Waals surface area contributed by atoms with E-state index in [1.54, 1.807) is 30.2 Å². The summed E-state index contributed by atoms with van der Waals surface area (Å²) >= 11 is 0. The van der Waals surface area contributed by atoms with Crippen LogP contribution in [0.4, 0.5) is 11.4 Å². The zero-order chi connectivity index (χ0) is 16.8. The number of nitrogens with zero attached hydrogens (tertiary/aromatic N) is 1. The zero-order valence-corrected chi connectivity index (χ0v) is 13.5. The van der Waals surface area contributed by atoms with Gasteiger partial charge in [-0.1, -0.05) is 0 Å². The van der Waals surface area contributed by atoms with Gasteiger partial charge in [0.25, 0.3) is 0 Å². The van der Waals surface area contributed by atoms with E-state index in [1.165, 1.54) is 7.11 Å². The Balaban J connectivity index is 2.21. The highest BCUT2D eigenvalue weighted by Gasteiger charge is 2.23. The van der Waals surface area contributed by atoms with Crippen molar-refractivity contribution in [3.8, 4) is 5.75 Å². The molecule has 1 aliphatic rings. The molecule has 0 saturated carbocycles. The molecule has 1 aromatic carbocycles. The first kappa shape index (κ1) is 17.2. The number of benzene rings is 1. The number of anilines is 2. The lowest BCUT2D eigenvalue weighted by Gasteiger charge is -2.28. The van der Waals surface area contributed by atoms with Crippen molar-refractivity contribution in [1.29, 1.82) is 0 Å². The van der Waals surface area contributed by atoms with Gasteiger partial charge in [0.05, 0.1) is 19.4 Å². The molecule has 1 saturated heterocycles. The van der Waals surface area contributed by atoms with Crippen molar-refractivity contribution < 1.29 is 19.1 Å². The van der Waals surface area contributed by atoms with Crippen LogP contribution in [-0.4, -0.2) is 45.2 Å². The number of piperidine rings is 1. The minimum atomic E-state index is -0.748. The number of carbonyl (C=O) groups is 2. The van der Waals surface area contributed by atoms with Crippen LogP contribution in [0.25, 0.3) is 0 Å². The summed E-state index contributed by atoms with van der Waals surface area (Å²) in [5.41, 5.74) is 6.94. The maximum absolute atomic E-state index is 12.1. The molecule has 0 aliphatic carbocycles. The van der Waals surface area contributed by atoms with Crippen LogP contribution in [0.1, 0.15) is 19.3 Å². The quantitative estimate of drug-likeness (QED) is 0.819. The standard InChI is InChI=1S/C16H23N3O4/c1-22-10-12(17)16(21)18-11-6-7-14(23-2)13(9-11)19-8-4-3-5-15(19)20/h6-7,9,12H,3-5,8,10,17H2,1-2H3,(H,18,21). The Morgan fingerprint density at radius 2 is 2.17 bits per heavy atom. The Bertz CT molecular complexity index is 576. The van der Waals surface area contributed by atoms with Crippen LogP contribution < -0.4 is 20.7 Å². The molecule has 1 atom stereocenters. The van der Waals surface area contributed by atoms with E-state index >= 15 is 0 Å². The van der Waals surface area contributed by atoms with Crippen molar-refractivity contribution in [2.75, 3.05) is 37.6 Å². The predicted molar refractivity (Wildman–Crippen MR) is 87.7 cm³/mol. The molecular formula is C16H23N3O4. The number of hydrogen-bond acceptors (Lipinski definition) is 5. The molecule has 126 valence electrons. The highest BCUT2D eigenvalue weighted by atomic mass is 16.5. The summed E-state index contributed by atoms with van der Waals surface area (Å²) in [6.45, 7) is 0.787. The maximum atomic E-state index is 12.1. The van der Waals surface area contributed by atoms with Crippen LogP contribution in [-0.2, 0) is 14.3 Å². The third-order valence-corrected chi connectivity index (χ3v) is 3.74. The molecule has 1 aliphatic heterocycles. The number of nitrogens with two attached hydrogens (primary N) is 1. The van der Waals surface area contributed by atoms with E-state index in [0.717, 1.165) is 12.8 Å². The lowest BCUT2D eigenvalue weighted by Crippen LogP contribution is -2.39. The molecule has 0 radical (unpaired) electrons. The summed E-state index contributed by atoms with van der Waals surface area (Å²) in [6.07, 6.45) is 2.38. The van der Waals surface area contributed by atoms with Gasteiger partial charge in [0, 0.05) is 25.8 Å². The molecule has 1 unspecified atom stereocenters. The average Bonchev–Trinajstić information content (AvgIpc) is 2.55. The predicted octanol–water partition coefficient (Wildman–Crippen LogP) is 1.12. The summed E-state index contributed by atoms with van der Waals surface area (Å²) in [4.78, 5) is 25.8. The third kappa shape index (κ3) is 4.20. The summed E-state index contributed by atoms with van der Waals surface area (Å²) in [7, 11) is 3.04. The van der Waals surface area contributed by atoms with Gasteiger partial charge in [-0.25, -0.2) is 0 Å². The minimum absolute atomic E-state index is 0.0640. The Morgan fingerprint density at radius 1 is 1.39 bits per heavy atom. The minimum Gasteiger partial charge on any atom is -0.495 e. The molecule has 2 amide bonds. The lowest BCUT2D eigenvalue weighted by molar-refractivity contribution is -0.119. The first-order chi connectivity index (χ1) is 11.1. The second kappa shape index (κ2) is 7.94. The van der Waals surface area contributed by atoms with E-state index in [0.29, 0.717) is 30.1 Å². The molecule has 23 heavy (non-hydrogen) atoms. The van der Waals surface area contributed by atoms with Crippen LogP contribution in [0.5, 0.6) is 5.75 Å². The first-order valence-corrected chi connectivity index (χ1v) is 7.60. The Labute approximate surface area is 135 Å². The van der Waals surface area contributed by atoms with E-state index in [-0.39, 0.29) is 18.4 Å². The smallest absolute Gasteiger partial charge is 0.243 e. The second-order valence-electron chi connectivity index (χ2n) is 5.44. The molecule has 7 heteroatoms. The fraction of sp³-hybridized carbons (Fsp3) is 0.500. The van der Waals surface area contributed by atoms with E-state index in [2.05, 4.69) is 5.32 Å². The number of rotatable bonds is 6.